The lowest BCUT2D eigenvalue weighted by atomic mass is 10.0. The highest BCUT2D eigenvalue weighted by Gasteiger charge is 2.16. The molecule has 112 valence electrons. The van der Waals surface area contributed by atoms with Crippen LogP contribution in [0.15, 0.2) is 18.2 Å². The fraction of sp³-hybridized carbons (Fsp3) is 0.533. The Bertz CT molecular complexity index is 451. The Balaban J connectivity index is 2.85. The number of nitrogens with one attached hydrogen (secondary N) is 1. The molecule has 2 unspecified atom stereocenters. The minimum Gasteiger partial charge on any atom is -0.481 e. The van der Waals surface area contributed by atoms with E-state index in [4.69, 9.17) is 22.1 Å². The van der Waals surface area contributed by atoms with Gasteiger partial charge in [-0.15, -0.1) is 0 Å². The van der Waals surface area contributed by atoms with Crippen LogP contribution >= 0.6 is 11.6 Å². The van der Waals surface area contributed by atoms with Crippen LogP contribution in [0.1, 0.15) is 32.8 Å². The lowest BCUT2D eigenvalue weighted by molar-refractivity contribution is -0.127. The smallest absolute Gasteiger partial charge is 0.260 e. The number of likely N-dealkylation sites (N-methyl/N-ethyl adjacent to an activating group) is 1. The maximum atomic E-state index is 11.7. The molecule has 0 saturated carbocycles. The zero-order valence-electron chi connectivity index (χ0n) is 12.3. The Labute approximate surface area is 125 Å². The van der Waals surface area contributed by atoms with Gasteiger partial charge in [-0.2, -0.15) is 0 Å². The average molecular weight is 299 g/mol. The fourth-order valence-electron chi connectivity index (χ4n) is 1.81. The largest absolute Gasteiger partial charge is 0.481 e. The van der Waals surface area contributed by atoms with Gasteiger partial charge < -0.3 is 15.8 Å². The third-order valence-electron chi connectivity index (χ3n) is 3.05. The number of ether oxygens (including phenoxy) is 1. The molecule has 0 heterocycles. The summed E-state index contributed by atoms with van der Waals surface area (Å²) in [4.78, 5) is 11.7. The molecular weight excluding hydrogens is 276 g/mol. The molecule has 1 rings (SSSR count). The molecule has 4 nitrogen and oxygen atoms in total. The van der Waals surface area contributed by atoms with Gasteiger partial charge in [0.05, 0.1) is 0 Å². The van der Waals surface area contributed by atoms with Gasteiger partial charge in [0.2, 0.25) is 0 Å². The number of hydrogen-bond acceptors (Lipinski definition) is 3. The first-order chi connectivity index (χ1) is 9.47. The number of amides is 1. The number of carbonyl (C=O) groups excluding carboxylic acids is 1. The summed E-state index contributed by atoms with van der Waals surface area (Å²) in [5, 5.41) is 3.37. The SMILES string of the molecule is CCNC(=O)C(C)Oc1ccc(Cl)cc1CC(N)CC. The van der Waals surface area contributed by atoms with E-state index in [1.807, 2.05) is 19.9 Å². The Morgan fingerprint density at radius 1 is 1.45 bits per heavy atom. The van der Waals surface area contributed by atoms with Crippen LogP contribution in [0.4, 0.5) is 0 Å². The van der Waals surface area contributed by atoms with Crippen LogP contribution in [0, 0.1) is 0 Å². The van der Waals surface area contributed by atoms with Gasteiger partial charge in [0.1, 0.15) is 5.75 Å². The summed E-state index contributed by atoms with van der Waals surface area (Å²) in [6, 6.07) is 5.44. The van der Waals surface area contributed by atoms with E-state index in [9.17, 15) is 4.79 Å². The van der Waals surface area contributed by atoms with Crippen molar-refractivity contribution in [1.29, 1.82) is 0 Å². The monoisotopic (exact) mass is 298 g/mol. The first kappa shape index (κ1) is 16.8. The molecule has 3 N–H and O–H groups in total. The van der Waals surface area contributed by atoms with Crippen molar-refractivity contribution in [2.75, 3.05) is 6.54 Å². The Kier molecular flexibility index (Phi) is 6.82. The normalized spacial score (nSPS) is 13.7. The predicted molar refractivity (Wildman–Crippen MR) is 82.2 cm³/mol. The third kappa shape index (κ3) is 5.02. The van der Waals surface area contributed by atoms with Crippen LogP contribution in [0.2, 0.25) is 5.02 Å². The van der Waals surface area contributed by atoms with Gasteiger partial charge in [-0.1, -0.05) is 18.5 Å². The summed E-state index contributed by atoms with van der Waals surface area (Å²) in [6.07, 6.45) is 1.000. The summed E-state index contributed by atoms with van der Waals surface area (Å²) in [5.41, 5.74) is 6.92. The lowest BCUT2D eigenvalue weighted by Crippen LogP contribution is -2.36. The van der Waals surface area contributed by atoms with Gasteiger partial charge in [0, 0.05) is 17.6 Å². The van der Waals surface area contributed by atoms with Crippen molar-refractivity contribution in [1.82, 2.24) is 5.32 Å². The minimum atomic E-state index is -0.548. The quantitative estimate of drug-likeness (QED) is 0.813. The van der Waals surface area contributed by atoms with Crippen molar-refractivity contribution >= 4 is 17.5 Å². The number of carbonyl (C=O) groups is 1. The molecular formula is C15H23ClN2O2. The molecule has 0 radical (unpaired) electrons. The maximum Gasteiger partial charge on any atom is 0.260 e. The molecule has 0 aliphatic heterocycles. The maximum absolute atomic E-state index is 11.7. The molecule has 0 aromatic heterocycles. The molecule has 1 aromatic rings. The zero-order chi connectivity index (χ0) is 15.1. The van der Waals surface area contributed by atoms with Gasteiger partial charge >= 0.3 is 0 Å². The summed E-state index contributed by atoms with van der Waals surface area (Å²) >= 11 is 6.02. The van der Waals surface area contributed by atoms with E-state index >= 15 is 0 Å². The van der Waals surface area contributed by atoms with Crippen LogP contribution in [-0.2, 0) is 11.2 Å². The van der Waals surface area contributed by atoms with Crippen LogP contribution in [0.5, 0.6) is 5.75 Å². The van der Waals surface area contributed by atoms with E-state index in [1.54, 1.807) is 19.1 Å². The van der Waals surface area contributed by atoms with Gasteiger partial charge in [-0.3, -0.25) is 4.79 Å². The lowest BCUT2D eigenvalue weighted by Gasteiger charge is -2.18. The van der Waals surface area contributed by atoms with Crippen LogP contribution in [-0.4, -0.2) is 24.6 Å². The van der Waals surface area contributed by atoms with Crippen molar-refractivity contribution < 1.29 is 9.53 Å². The molecule has 5 heteroatoms. The highest BCUT2D eigenvalue weighted by atomic mass is 35.5. The molecule has 0 aliphatic carbocycles. The first-order valence-electron chi connectivity index (χ1n) is 6.96. The summed E-state index contributed by atoms with van der Waals surface area (Å²) in [7, 11) is 0. The Morgan fingerprint density at radius 3 is 2.75 bits per heavy atom. The minimum absolute atomic E-state index is 0.0515. The average Bonchev–Trinajstić information content (AvgIpc) is 2.41. The van der Waals surface area contributed by atoms with Crippen LogP contribution in [0.25, 0.3) is 0 Å². The van der Waals surface area contributed by atoms with E-state index < -0.39 is 6.10 Å². The Morgan fingerprint density at radius 2 is 2.15 bits per heavy atom. The topological polar surface area (TPSA) is 64.3 Å². The molecule has 0 fully saturated rings. The second-order valence-electron chi connectivity index (χ2n) is 4.78. The standard InChI is InChI=1S/C15H23ClN2O2/c1-4-13(17)9-11-8-12(16)6-7-14(11)20-10(3)15(19)18-5-2/h6-8,10,13H,4-5,9,17H2,1-3H3,(H,18,19). The van der Waals surface area contributed by atoms with Crippen molar-refractivity contribution in [2.45, 2.75) is 45.8 Å². The zero-order valence-corrected chi connectivity index (χ0v) is 13.0. The Hall–Kier alpha value is -1.26. The van der Waals surface area contributed by atoms with Crippen LogP contribution in [0.3, 0.4) is 0 Å². The molecule has 1 aromatic carbocycles. The van der Waals surface area contributed by atoms with Crippen LogP contribution < -0.4 is 15.8 Å². The fourth-order valence-corrected chi connectivity index (χ4v) is 2.01. The van der Waals surface area contributed by atoms with E-state index in [0.717, 1.165) is 12.0 Å². The van der Waals surface area contributed by atoms with E-state index in [-0.39, 0.29) is 11.9 Å². The molecule has 1 amide bonds. The summed E-state index contributed by atoms with van der Waals surface area (Å²) in [6.45, 7) is 6.22. The molecule has 0 bridgehead atoms. The summed E-state index contributed by atoms with van der Waals surface area (Å²) in [5.74, 6) is 0.533. The summed E-state index contributed by atoms with van der Waals surface area (Å²) < 4.78 is 5.73. The van der Waals surface area contributed by atoms with E-state index in [0.29, 0.717) is 23.7 Å². The number of nitrogens with two attached hydrogens (primary N) is 1. The second-order valence-corrected chi connectivity index (χ2v) is 5.22. The van der Waals surface area contributed by atoms with E-state index in [1.165, 1.54) is 0 Å². The third-order valence-corrected chi connectivity index (χ3v) is 3.29. The van der Waals surface area contributed by atoms with Gasteiger partial charge in [-0.25, -0.2) is 0 Å². The van der Waals surface area contributed by atoms with Gasteiger partial charge in [-0.05, 0) is 50.5 Å². The predicted octanol–water partition coefficient (Wildman–Crippen LogP) is 2.52. The molecule has 20 heavy (non-hydrogen) atoms. The van der Waals surface area contributed by atoms with Crippen molar-refractivity contribution in [2.24, 2.45) is 5.73 Å². The molecule has 2 atom stereocenters. The first-order valence-corrected chi connectivity index (χ1v) is 7.34. The molecule has 0 spiro atoms. The molecule has 0 aliphatic rings. The molecule has 0 saturated heterocycles. The number of benzene rings is 1. The number of hydrogen-bond donors (Lipinski definition) is 2. The van der Waals surface area contributed by atoms with Crippen molar-refractivity contribution in [3.8, 4) is 5.75 Å². The highest BCUT2D eigenvalue weighted by molar-refractivity contribution is 6.30. The highest BCUT2D eigenvalue weighted by Crippen LogP contribution is 2.25. The van der Waals surface area contributed by atoms with Crippen molar-refractivity contribution in [3.63, 3.8) is 0 Å². The number of rotatable bonds is 7. The van der Waals surface area contributed by atoms with E-state index in [2.05, 4.69) is 5.32 Å². The van der Waals surface area contributed by atoms with Gasteiger partial charge in [0.15, 0.2) is 6.10 Å². The van der Waals surface area contributed by atoms with Gasteiger partial charge in [0.25, 0.3) is 5.91 Å². The second kappa shape index (κ2) is 8.12. The van der Waals surface area contributed by atoms with Crippen molar-refractivity contribution in [3.05, 3.63) is 28.8 Å². The number of halogens is 1.